The molecule has 1 aliphatic rings. The van der Waals surface area contributed by atoms with Crippen LogP contribution in [-0.4, -0.2) is 42.2 Å². The van der Waals surface area contributed by atoms with Crippen molar-refractivity contribution < 1.29 is 13.6 Å². The first-order valence-corrected chi connectivity index (χ1v) is 9.49. The van der Waals surface area contributed by atoms with Gasteiger partial charge >= 0.3 is 6.03 Å². The monoisotopic (exact) mass is 410 g/mol. The van der Waals surface area contributed by atoms with Crippen molar-refractivity contribution in [2.75, 3.05) is 46.6 Å². The van der Waals surface area contributed by atoms with Gasteiger partial charge in [-0.15, -0.1) is 0 Å². The zero-order valence-corrected chi connectivity index (χ0v) is 16.1. The Bertz CT molecular complexity index is 988. The van der Waals surface area contributed by atoms with E-state index < -0.39 is 23.4 Å². The van der Waals surface area contributed by atoms with Gasteiger partial charge in [0, 0.05) is 31.9 Å². The van der Waals surface area contributed by atoms with Gasteiger partial charge in [0.25, 0.3) is 0 Å². The number of amides is 2. The molecule has 0 aliphatic carbocycles. The summed E-state index contributed by atoms with van der Waals surface area (Å²) in [6, 6.07) is 12.8. The third kappa shape index (κ3) is 4.45. The molecule has 0 bridgehead atoms. The minimum atomic E-state index is -0.855. The van der Waals surface area contributed by atoms with Gasteiger partial charge in [-0.05, 0) is 24.3 Å². The Hall–Kier alpha value is -3.75. The SMILES string of the molecule is O=C(Nc1cnc(N2CCN(c3ccccc3)CC2)nc1)Nc1c(F)cccc1F. The predicted octanol–water partition coefficient (Wildman–Crippen LogP) is 3.73. The molecule has 0 atom stereocenters. The number of rotatable bonds is 4. The molecule has 3 aromatic rings. The van der Waals surface area contributed by atoms with E-state index >= 15 is 0 Å². The Morgan fingerprint density at radius 1 is 0.800 bits per heavy atom. The summed E-state index contributed by atoms with van der Waals surface area (Å²) in [6.45, 7) is 3.25. The van der Waals surface area contributed by atoms with Crippen molar-refractivity contribution in [1.82, 2.24) is 9.97 Å². The number of urea groups is 1. The average Bonchev–Trinajstić information content (AvgIpc) is 2.78. The number of carbonyl (C=O) groups excluding carboxylic acids is 1. The maximum Gasteiger partial charge on any atom is 0.323 e. The fraction of sp³-hybridized carbons (Fsp3) is 0.190. The Morgan fingerprint density at radius 2 is 1.40 bits per heavy atom. The summed E-state index contributed by atoms with van der Waals surface area (Å²) in [4.78, 5) is 25.0. The van der Waals surface area contributed by atoms with Gasteiger partial charge in [0.1, 0.15) is 17.3 Å². The van der Waals surface area contributed by atoms with E-state index in [1.165, 1.54) is 24.1 Å². The normalized spacial score (nSPS) is 13.8. The minimum absolute atomic E-state index is 0.316. The molecule has 1 aromatic heterocycles. The van der Waals surface area contributed by atoms with Crippen molar-refractivity contribution >= 4 is 29.0 Å². The molecule has 2 N–H and O–H groups in total. The quantitative estimate of drug-likeness (QED) is 0.686. The van der Waals surface area contributed by atoms with Crippen LogP contribution in [0.2, 0.25) is 0 Å². The Morgan fingerprint density at radius 3 is 2.03 bits per heavy atom. The molecule has 0 radical (unpaired) electrons. The smallest absolute Gasteiger partial charge is 0.323 e. The molecule has 4 rings (SSSR count). The minimum Gasteiger partial charge on any atom is -0.368 e. The third-order valence-corrected chi connectivity index (χ3v) is 4.78. The number of para-hydroxylation sites is 2. The highest BCUT2D eigenvalue weighted by Crippen LogP contribution is 2.20. The number of nitrogens with one attached hydrogen (secondary N) is 2. The predicted molar refractivity (Wildman–Crippen MR) is 112 cm³/mol. The zero-order chi connectivity index (χ0) is 20.9. The largest absolute Gasteiger partial charge is 0.368 e. The molecule has 0 saturated carbocycles. The summed E-state index contributed by atoms with van der Waals surface area (Å²) >= 11 is 0. The fourth-order valence-electron chi connectivity index (χ4n) is 3.25. The van der Waals surface area contributed by atoms with Crippen LogP contribution in [0.1, 0.15) is 0 Å². The second-order valence-electron chi connectivity index (χ2n) is 6.76. The van der Waals surface area contributed by atoms with Gasteiger partial charge in [0.15, 0.2) is 0 Å². The second-order valence-corrected chi connectivity index (χ2v) is 6.76. The number of hydrogen-bond donors (Lipinski definition) is 2. The lowest BCUT2D eigenvalue weighted by Crippen LogP contribution is -2.47. The zero-order valence-electron chi connectivity index (χ0n) is 16.1. The highest BCUT2D eigenvalue weighted by molar-refractivity contribution is 5.99. The summed E-state index contributed by atoms with van der Waals surface area (Å²) in [5, 5.41) is 4.62. The molecule has 0 spiro atoms. The van der Waals surface area contributed by atoms with Crippen LogP contribution in [0.3, 0.4) is 0 Å². The lowest BCUT2D eigenvalue weighted by molar-refractivity contribution is 0.262. The maximum absolute atomic E-state index is 13.6. The van der Waals surface area contributed by atoms with Gasteiger partial charge in [-0.3, -0.25) is 0 Å². The highest BCUT2D eigenvalue weighted by atomic mass is 19.1. The van der Waals surface area contributed by atoms with Gasteiger partial charge in [-0.25, -0.2) is 23.5 Å². The lowest BCUT2D eigenvalue weighted by atomic mass is 10.2. The van der Waals surface area contributed by atoms with Crippen molar-refractivity contribution in [3.8, 4) is 0 Å². The van der Waals surface area contributed by atoms with Crippen LogP contribution in [0.15, 0.2) is 60.9 Å². The third-order valence-electron chi connectivity index (χ3n) is 4.78. The van der Waals surface area contributed by atoms with Crippen molar-refractivity contribution in [3.63, 3.8) is 0 Å². The summed E-state index contributed by atoms with van der Waals surface area (Å²) in [7, 11) is 0. The number of nitrogens with zero attached hydrogens (tertiary/aromatic N) is 4. The summed E-state index contributed by atoms with van der Waals surface area (Å²) in [6.07, 6.45) is 2.92. The van der Waals surface area contributed by atoms with E-state index in [4.69, 9.17) is 0 Å². The average molecular weight is 410 g/mol. The molecule has 9 heteroatoms. The number of piperazine rings is 1. The number of anilines is 4. The molecule has 1 saturated heterocycles. The molecule has 0 unspecified atom stereocenters. The molecule has 30 heavy (non-hydrogen) atoms. The molecule has 1 fully saturated rings. The van der Waals surface area contributed by atoms with E-state index in [1.807, 2.05) is 18.2 Å². The number of aromatic nitrogens is 2. The number of hydrogen-bond acceptors (Lipinski definition) is 5. The standard InChI is InChI=1S/C21H20F2N6O/c22-17-7-4-8-18(23)19(17)27-21(30)26-15-13-24-20(25-14-15)29-11-9-28(10-12-29)16-5-2-1-3-6-16/h1-8,13-14H,9-12H2,(H2,26,27,30). The second kappa shape index (κ2) is 8.73. The van der Waals surface area contributed by atoms with Crippen molar-refractivity contribution in [1.29, 1.82) is 0 Å². The van der Waals surface area contributed by atoms with Gasteiger partial charge < -0.3 is 20.4 Å². The topological polar surface area (TPSA) is 73.4 Å². The summed E-state index contributed by atoms with van der Waals surface area (Å²) in [5.74, 6) is -1.15. The fourth-order valence-corrected chi connectivity index (χ4v) is 3.25. The van der Waals surface area contributed by atoms with Crippen molar-refractivity contribution in [2.45, 2.75) is 0 Å². The van der Waals surface area contributed by atoms with Gasteiger partial charge in [-0.1, -0.05) is 24.3 Å². The van der Waals surface area contributed by atoms with E-state index in [2.05, 4.69) is 42.5 Å². The van der Waals surface area contributed by atoms with E-state index in [9.17, 15) is 13.6 Å². The number of halogens is 2. The summed E-state index contributed by atoms with van der Waals surface area (Å²) in [5.41, 5.74) is 0.995. The number of benzene rings is 2. The molecular weight excluding hydrogens is 390 g/mol. The van der Waals surface area contributed by atoms with Crippen LogP contribution in [0.25, 0.3) is 0 Å². The first-order valence-electron chi connectivity index (χ1n) is 9.49. The Kier molecular flexibility index (Phi) is 5.69. The lowest BCUT2D eigenvalue weighted by Gasteiger charge is -2.36. The van der Waals surface area contributed by atoms with E-state index in [-0.39, 0.29) is 0 Å². The van der Waals surface area contributed by atoms with E-state index in [0.717, 1.165) is 38.3 Å². The molecule has 2 heterocycles. The van der Waals surface area contributed by atoms with Crippen molar-refractivity contribution in [3.05, 3.63) is 72.6 Å². The Labute approximate surface area is 172 Å². The van der Waals surface area contributed by atoms with Gasteiger partial charge in [0.05, 0.1) is 18.1 Å². The molecule has 2 aromatic carbocycles. The van der Waals surface area contributed by atoms with Crippen LogP contribution < -0.4 is 20.4 Å². The van der Waals surface area contributed by atoms with Crippen LogP contribution in [0, 0.1) is 11.6 Å². The van der Waals surface area contributed by atoms with Crippen LogP contribution in [-0.2, 0) is 0 Å². The van der Waals surface area contributed by atoms with E-state index in [1.54, 1.807) is 0 Å². The number of carbonyl (C=O) groups is 1. The molecule has 2 amide bonds. The first-order chi connectivity index (χ1) is 14.6. The molecular formula is C21H20F2N6O. The molecule has 154 valence electrons. The van der Waals surface area contributed by atoms with Crippen molar-refractivity contribution in [2.24, 2.45) is 0 Å². The maximum atomic E-state index is 13.6. The molecule has 7 nitrogen and oxygen atoms in total. The molecule has 1 aliphatic heterocycles. The van der Waals surface area contributed by atoms with Crippen LogP contribution >= 0.6 is 0 Å². The van der Waals surface area contributed by atoms with Crippen LogP contribution in [0.5, 0.6) is 0 Å². The highest BCUT2D eigenvalue weighted by Gasteiger charge is 2.19. The van der Waals surface area contributed by atoms with Crippen LogP contribution in [0.4, 0.5) is 36.6 Å². The van der Waals surface area contributed by atoms with Gasteiger partial charge in [-0.2, -0.15) is 0 Å². The summed E-state index contributed by atoms with van der Waals surface area (Å²) < 4.78 is 27.3. The first kappa shape index (κ1) is 19.6. The Balaban J connectivity index is 1.33. The van der Waals surface area contributed by atoms with Gasteiger partial charge in [0.2, 0.25) is 5.95 Å². The van der Waals surface area contributed by atoms with E-state index in [0.29, 0.717) is 11.6 Å².